The smallest absolute Gasteiger partial charge is 0.321 e. The van der Waals surface area contributed by atoms with E-state index in [9.17, 15) is 14.7 Å². The summed E-state index contributed by atoms with van der Waals surface area (Å²) in [6.45, 7) is 4.04. The zero-order valence-corrected chi connectivity index (χ0v) is 20.0. The van der Waals surface area contributed by atoms with Crippen LogP contribution in [0.4, 0.5) is 0 Å². The first-order valence-corrected chi connectivity index (χ1v) is 11.0. The lowest BCUT2D eigenvalue weighted by molar-refractivity contribution is -0.143. The van der Waals surface area contributed by atoms with E-state index in [2.05, 4.69) is 20.6 Å². The number of halogens is 1. The predicted octanol–water partition coefficient (Wildman–Crippen LogP) is 2.74. The highest BCUT2D eigenvalue weighted by Crippen LogP contribution is 2.24. The summed E-state index contributed by atoms with van der Waals surface area (Å²) in [6.07, 6.45) is 1.80. The second kappa shape index (κ2) is 10.5. The molecule has 10 nitrogen and oxygen atoms in total. The summed E-state index contributed by atoms with van der Waals surface area (Å²) in [5.74, 6) is -1.71. The van der Waals surface area contributed by atoms with Crippen LogP contribution in [0, 0.1) is 11.3 Å². The van der Waals surface area contributed by atoms with Crippen LogP contribution < -0.4 is 5.32 Å². The largest absolute Gasteiger partial charge is 0.480 e. The Morgan fingerprint density at radius 1 is 1.29 bits per heavy atom. The number of aliphatic carboxylic acids is 1. The Morgan fingerprint density at radius 3 is 2.65 bits per heavy atom. The van der Waals surface area contributed by atoms with E-state index < -0.39 is 17.9 Å². The van der Waals surface area contributed by atoms with Gasteiger partial charge >= 0.3 is 5.97 Å². The first kappa shape index (κ1) is 25.0. The highest BCUT2D eigenvalue weighted by molar-refractivity contribution is 6.32. The minimum Gasteiger partial charge on any atom is -0.480 e. The van der Waals surface area contributed by atoms with Gasteiger partial charge in [-0.2, -0.15) is 15.5 Å². The van der Waals surface area contributed by atoms with E-state index >= 15 is 0 Å². The normalized spacial score (nSPS) is 13.8. The molecule has 178 valence electrons. The van der Waals surface area contributed by atoms with Crippen LogP contribution in [0.3, 0.4) is 0 Å². The number of rotatable bonds is 9. The summed E-state index contributed by atoms with van der Waals surface area (Å²) < 4.78 is 1.71. The van der Waals surface area contributed by atoms with Gasteiger partial charge in [0, 0.05) is 29.4 Å². The van der Waals surface area contributed by atoms with Gasteiger partial charge in [-0.15, -0.1) is 0 Å². The van der Waals surface area contributed by atoms with Gasteiger partial charge in [-0.05, 0) is 45.3 Å². The number of carbonyl (C=O) groups excluding carboxylic acids is 1. The SMILES string of the molecule is CC(Cn1ccc(-c2ccc(C#N)c(Cl)c2)n1)NC(=O)c1cc(C(C)C(C(=O)O)N(C)C)[nH]n1. The number of nitrogens with zero attached hydrogens (tertiary/aromatic N) is 5. The van der Waals surface area contributed by atoms with E-state index in [0.29, 0.717) is 28.5 Å². The number of amides is 1. The number of carbonyl (C=O) groups is 2. The molecular formula is C23H26ClN7O3. The van der Waals surface area contributed by atoms with Crippen molar-refractivity contribution in [3.63, 3.8) is 0 Å². The zero-order chi connectivity index (χ0) is 25.0. The second-order valence-electron chi connectivity index (χ2n) is 8.35. The van der Waals surface area contributed by atoms with E-state index in [-0.39, 0.29) is 17.6 Å². The average molecular weight is 484 g/mol. The van der Waals surface area contributed by atoms with Crippen molar-refractivity contribution in [2.45, 2.75) is 38.4 Å². The van der Waals surface area contributed by atoms with Gasteiger partial charge in [0.1, 0.15) is 17.8 Å². The Labute approximate surface area is 202 Å². The summed E-state index contributed by atoms with van der Waals surface area (Å²) in [7, 11) is 3.38. The molecule has 11 heteroatoms. The van der Waals surface area contributed by atoms with Crippen LogP contribution in [0.15, 0.2) is 36.5 Å². The standard InChI is InChI=1S/C23H26ClN7O3/c1-13(12-31-8-7-18(29-31)15-5-6-16(11-25)17(24)9-15)26-22(32)20-10-19(27-28-20)14(2)21(23(33)34)30(3)4/h5-10,13-14,21H,12H2,1-4H3,(H,26,32)(H,27,28)(H,33,34). The Balaban J connectivity index is 1.62. The molecular weight excluding hydrogens is 458 g/mol. The monoisotopic (exact) mass is 483 g/mol. The Hall–Kier alpha value is -3.68. The number of nitriles is 1. The van der Waals surface area contributed by atoms with Crippen LogP contribution in [0.2, 0.25) is 5.02 Å². The highest BCUT2D eigenvalue weighted by Gasteiger charge is 2.29. The van der Waals surface area contributed by atoms with Gasteiger partial charge in [-0.25, -0.2) is 0 Å². The van der Waals surface area contributed by atoms with Crippen LogP contribution in [0.5, 0.6) is 0 Å². The Kier molecular flexibility index (Phi) is 7.71. The number of carboxylic acid groups (broad SMARTS) is 1. The number of hydrogen-bond donors (Lipinski definition) is 3. The molecule has 34 heavy (non-hydrogen) atoms. The highest BCUT2D eigenvalue weighted by atomic mass is 35.5. The zero-order valence-electron chi connectivity index (χ0n) is 19.3. The van der Waals surface area contributed by atoms with Crippen molar-refractivity contribution >= 4 is 23.5 Å². The van der Waals surface area contributed by atoms with Crippen molar-refractivity contribution in [2.75, 3.05) is 14.1 Å². The van der Waals surface area contributed by atoms with Crippen LogP contribution in [0.1, 0.15) is 41.5 Å². The molecule has 0 saturated carbocycles. The van der Waals surface area contributed by atoms with Gasteiger partial charge in [-0.3, -0.25) is 24.3 Å². The number of benzene rings is 1. The van der Waals surface area contributed by atoms with Gasteiger partial charge in [-0.1, -0.05) is 24.6 Å². The summed E-state index contributed by atoms with van der Waals surface area (Å²) >= 11 is 6.11. The number of aromatic nitrogens is 4. The quantitative estimate of drug-likeness (QED) is 0.425. The van der Waals surface area contributed by atoms with Crippen molar-refractivity contribution in [3.8, 4) is 17.3 Å². The topological polar surface area (TPSA) is 140 Å². The first-order valence-electron chi connectivity index (χ1n) is 10.6. The third kappa shape index (κ3) is 5.62. The van der Waals surface area contributed by atoms with E-state index in [1.807, 2.05) is 19.1 Å². The third-order valence-electron chi connectivity index (χ3n) is 5.47. The molecule has 2 aromatic heterocycles. The molecule has 0 spiro atoms. The van der Waals surface area contributed by atoms with Gasteiger partial charge < -0.3 is 10.4 Å². The van der Waals surface area contributed by atoms with Gasteiger partial charge in [0.2, 0.25) is 0 Å². The lowest BCUT2D eigenvalue weighted by atomic mass is 9.97. The molecule has 3 atom stereocenters. The van der Waals surface area contributed by atoms with Crippen molar-refractivity contribution < 1.29 is 14.7 Å². The summed E-state index contributed by atoms with van der Waals surface area (Å²) in [5, 5.41) is 33.1. The van der Waals surface area contributed by atoms with Crippen LogP contribution in [-0.2, 0) is 11.3 Å². The van der Waals surface area contributed by atoms with Gasteiger partial charge in [0.25, 0.3) is 5.91 Å². The number of nitrogens with one attached hydrogen (secondary N) is 2. The van der Waals surface area contributed by atoms with Crippen LogP contribution in [-0.4, -0.2) is 68.0 Å². The molecule has 3 unspecified atom stereocenters. The Morgan fingerprint density at radius 2 is 2.03 bits per heavy atom. The van der Waals surface area contributed by atoms with Crippen LogP contribution in [0.25, 0.3) is 11.3 Å². The molecule has 2 heterocycles. The summed E-state index contributed by atoms with van der Waals surface area (Å²) in [4.78, 5) is 25.8. The van der Waals surface area contributed by atoms with Gasteiger partial charge in [0.15, 0.2) is 0 Å². The molecule has 0 saturated heterocycles. The third-order valence-corrected chi connectivity index (χ3v) is 5.78. The molecule has 3 aromatic rings. The molecule has 0 fully saturated rings. The van der Waals surface area contributed by atoms with E-state index in [1.165, 1.54) is 0 Å². The predicted molar refractivity (Wildman–Crippen MR) is 126 cm³/mol. The number of H-pyrrole nitrogens is 1. The molecule has 3 N–H and O–H groups in total. The number of hydrogen-bond acceptors (Lipinski definition) is 6. The van der Waals surface area contributed by atoms with Crippen molar-refractivity contribution in [1.29, 1.82) is 5.26 Å². The molecule has 0 aliphatic heterocycles. The molecule has 1 amide bonds. The minimum absolute atomic E-state index is 0.185. The fourth-order valence-electron chi connectivity index (χ4n) is 3.74. The second-order valence-corrected chi connectivity index (χ2v) is 8.76. The summed E-state index contributed by atoms with van der Waals surface area (Å²) in [5.41, 5.74) is 2.64. The number of aromatic amines is 1. The maximum absolute atomic E-state index is 12.7. The van der Waals surface area contributed by atoms with Crippen molar-refractivity contribution in [1.82, 2.24) is 30.2 Å². The first-order chi connectivity index (χ1) is 16.1. The molecule has 0 radical (unpaired) electrons. The Bertz CT molecular complexity index is 1230. The fraction of sp³-hybridized carbons (Fsp3) is 0.348. The van der Waals surface area contributed by atoms with E-state index in [0.717, 1.165) is 5.56 Å². The number of likely N-dealkylation sites (N-methyl/N-ethyl adjacent to an activating group) is 1. The number of carboxylic acids is 1. The van der Waals surface area contributed by atoms with Crippen molar-refractivity contribution in [3.05, 3.63) is 58.5 Å². The lowest BCUT2D eigenvalue weighted by Gasteiger charge is -2.25. The maximum atomic E-state index is 12.7. The van der Waals surface area contributed by atoms with Crippen molar-refractivity contribution in [2.24, 2.45) is 0 Å². The molecule has 0 bridgehead atoms. The van der Waals surface area contributed by atoms with Gasteiger partial charge in [0.05, 0.1) is 22.8 Å². The molecule has 0 aliphatic rings. The minimum atomic E-state index is -0.950. The molecule has 0 aliphatic carbocycles. The average Bonchev–Trinajstić information content (AvgIpc) is 3.43. The van der Waals surface area contributed by atoms with E-state index in [1.54, 1.807) is 61.1 Å². The lowest BCUT2D eigenvalue weighted by Crippen LogP contribution is -2.40. The summed E-state index contributed by atoms with van der Waals surface area (Å²) in [6, 6.07) is 9.55. The van der Waals surface area contributed by atoms with E-state index in [4.69, 9.17) is 16.9 Å². The molecule has 1 aromatic carbocycles. The van der Waals surface area contributed by atoms with Crippen LogP contribution >= 0.6 is 11.6 Å². The maximum Gasteiger partial charge on any atom is 0.321 e. The fourth-order valence-corrected chi connectivity index (χ4v) is 3.97. The molecule has 3 rings (SSSR count).